The molecule has 1 fully saturated rings. The Labute approximate surface area is 211 Å². The van der Waals surface area contributed by atoms with Crippen LogP contribution in [-0.4, -0.2) is 38.5 Å². The average Bonchev–Trinajstić information content (AvgIpc) is 2.90. The summed E-state index contributed by atoms with van der Waals surface area (Å²) in [5.74, 6) is 0.502. The number of urea groups is 1. The van der Waals surface area contributed by atoms with Gasteiger partial charge in [-0.15, -0.1) is 0 Å². The van der Waals surface area contributed by atoms with Gasteiger partial charge >= 0.3 is 6.03 Å². The first-order valence-electron chi connectivity index (χ1n) is 11.7. The zero-order valence-electron chi connectivity index (χ0n) is 20.0. The van der Waals surface area contributed by atoms with Crippen LogP contribution in [0.2, 0.25) is 0 Å². The number of amides is 2. The summed E-state index contributed by atoms with van der Waals surface area (Å²) < 4.78 is 5.40. The molecule has 1 aliphatic rings. The molecule has 2 amide bonds. The van der Waals surface area contributed by atoms with Gasteiger partial charge in [-0.2, -0.15) is 0 Å². The molecule has 4 rings (SSSR count). The fraction of sp³-hybridized carbons (Fsp3) is 0.143. The molecule has 184 valence electrons. The fourth-order valence-electron chi connectivity index (χ4n) is 3.64. The van der Waals surface area contributed by atoms with E-state index in [1.165, 1.54) is 5.69 Å². The molecule has 5 N–H and O–H groups in total. The normalized spacial score (nSPS) is 13.9. The predicted molar refractivity (Wildman–Crippen MR) is 148 cm³/mol. The minimum absolute atomic E-state index is 0.314. The van der Waals surface area contributed by atoms with Gasteiger partial charge in [0.15, 0.2) is 0 Å². The Bertz CT molecular complexity index is 1220. The van der Waals surface area contributed by atoms with E-state index in [0.29, 0.717) is 17.2 Å². The summed E-state index contributed by atoms with van der Waals surface area (Å²) >= 11 is 0. The van der Waals surface area contributed by atoms with Gasteiger partial charge in [0.1, 0.15) is 5.82 Å². The highest BCUT2D eigenvalue weighted by Gasteiger charge is 2.10. The number of allylic oxidation sites excluding steroid dienone is 1. The van der Waals surface area contributed by atoms with Crippen molar-refractivity contribution in [3.05, 3.63) is 103 Å². The maximum atomic E-state index is 12.1. The van der Waals surface area contributed by atoms with E-state index in [1.54, 1.807) is 24.4 Å². The highest BCUT2D eigenvalue weighted by Crippen LogP contribution is 2.20. The first kappa shape index (κ1) is 24.6. The zero-order chi connectivity index (χ0) is 25.2. The van der Waals surface area contributed by atoms with Crippen LogP contribution in [0.5, 0.6) is 0 Å². The number of benzene rings is 3. The molecule has 8 heteroatoms. The van der Waals surface area contributed by atoms with Gasteiger partial charge in [-0.25, -0.2) is 9.79 Å². The summed E-state index contributed by atoms with van der Waals surface area (Å²) in [5.41, 5.74) is 11.0. The van der Waals surface area contributed by atoms with E-state index in [9.17, 15) is 4.79 Å². The number of para-hydroxylation sites is 1. The predicted octanol–water partition coefficient (Wildman–Crippen LogP) is 5.12. The number of morpholine rings is 1. The van der Waals surface area contributed by atoms with Crippen molar-refractivity contribution in [2.75, 3.05) is 47.2 Å². The van der Waals surface area contributed by atoms with E-state index in [4.69, 9.17) is 10.5 Å². The molecule has 8 nitrogen and oxygen atoms in total. The van der Waals surface area contributed by atoms with Crippen molar-refractivity contribution in [3.63, 3.8) is 0 Å². The third kappa shape index (κ3) is 7.22. The topological polar surface area (TPSA) is 104 Å². The summed E-state index contributed by atoms with van der Waals surface area (Å²) in [6, 6.07) is 24.4. The van der Waals surface area contributed by atoms with E-state index in [0.717, 1.165) is 43.2 Å². The van der Waals surface area contributed by atoms with Gasteiger partial charge in [-0.05, 0) is 60.2 Å². The maximum Gasteiger partial charge on any atom is 0.323 e. The molecule has 3 aromatic carbocycles. The molecule has 1 heterocycles. The molecular weight excluding hydrogens is 452 g/mol. The van der Waals surface area contributed by atoms with Gasteiger partial charge in [0.05, 0.1) is 13.2 Å². The van der Waals surface area contributed by atoms with Crippen LogP contribution in [0, 0.1) is 0 Å². The lowest BCUT2D eigenvalue weighted by atomic mass is 10.1. The maximum absolute atomic E-state index is 12.1. The fourth-order valence-corrected chi connectivity index (χ4v) is 3.64. The van der Waals surface area contributed by atoms with Crippen LogP contribution in [0.4, 0.5) is 27.5 Å². The average molecular weight is 483 g/mol. The molecular formula is C28H30N6O2. The first-order chi connectivity index (χ1) is 17.6. The number of nitrogens with zero attached hydrogens (tertiary/aromatic N) is 2. The summed E-state index contributed by atoms with van der Waals surface area (Å²) in [5, 5.41) is 8.75. The molecule has 0 atom stereocenters. The number of aliphatic imine (C=N–C) groups is 1. The number of anilines is 4. The van der Waals surface area contributed by atoms with Crippen LogP contribution in [0.15, 0.2) is 102 Å². The SMILES string of the molecule is C=C(N=C/C=C(\N)c1ccc(NC(=O)Nc2ccccc2)cc1)Nc1ccc(N2CCOCC2)cc1. The van der Waals surface area contributed by atoms with Crippen molar-refractivity contribution in [3.8, 4) is 0 Å². The highest BCUT2D eigenvalue weighted by molar-refractivity contribution is 5.99. The third-order valence-corrected chi connectivity index (χ3v) is 5.52. The monoisotopic (exact) mass is 482 g/mol. The van der Waals surface area contributed by atoms with E-state index < -0.39 is 0 Å². The molecule has 0 aromatic heterocycles. The Morgan fingerprint density at radius 2 is 1.44 bits per heavy atom. The second-order valence-electron chi connectivity index (χ2n) is 8.14. The first-order valence-corrected chi connectivity index (χ1v) is 11.7. The summed E-state index contributed by atoms with van der Waals surface area (Å²) in [6.45, 7) is 7.27. The van der Waals surface area contributed by atoms with Gasteiger partial charge < -0.3 is 31.3 Å². The Morgan fingerprint density at radius 1 is 0.861 bits per heavy atom. The molecule has 0 aliphatic carbocycles. The quantitative estimate of drug-likeness (QED) is 0.334. The van der Waals surface area contributed by atoms with Crippen molar-refractivity contribution in [1.82, 2.24) is 0 Å². The van der Waals surface area contributed by atoms with Crippen molar-refractivity contribution >= 4 is 40.7 Å². The van der Waals surface area contributed by atoms with Crippen LogP contribution >= 0.6 is 0 Å². The van der Waals surface area contributed by atoms with Gasteiger partial charge in [0.25, 0.3) is 0 Å². The lowest BCUT2D eigenvalue weighted by molar-refractivity contribution is 0.122. The molecule has 0 radical (unpaired) electrons. The van der Waals surface area contributed by atoms with Gasteiger partial charge in [-0.1, -0.05) is 36.9 Å². The van der Waals surface area contributed by atoms with E-state index in [2.05, 4.69) is 44.6 Å². The minimum atomic E-state index is -0.314. The molecule has 36 heavy (non-hydrogen) atoms. The lowest BCUT2D eigenvalue weighted by Gasteiger charge is -2.28. The van der Waals surface area contributed by atoms with E-state index in [-0.39, 0.29) is 6.03 Å². The highest BCUT2D eigenvalue weighted by atomic mass is 16.5. The number of carbonyl (C=O) groups excluding carboxylic acids is 1. The molecule has 1 aliphatic heterocycles. The van der Waals surface area contributed by atoms with Gasteiger partial charge in [-0.3, -0.25) is 0 Å². The molecule has 3 aromatic rings. The van der Waals surface area contributed by atoms with Gasteiger partial charge in [0.2, 0.25) is 0 Å². The Morgan fingerprint density at radius 3 is 2.11 bits per heavy atom. The smallest absolute Gasteiger partial charge is 0.323 e. The van der Waals surface area contributed by atoms with E-state index >= 15 is 0 Å². The van der Waals surface area contributed by atoms with Crippen molar-refractivity contribution in [2.45, 2.75) is 0 Å². The Balaban J connectivity index is 1.26. The second kappa shape index (κ2) is 12.2. The van der Waals surface area contributed by atoms with Crippen LogP contribution in [0.3, 0.4) is 0 Å². The molecule has 0 unspecified atom stereocenters. The molecule has 0 spiro atoms. The number of hydrogen-bond acceptors (Lipinski definition) is 6. The largest absolute Gasteiger partial charge is 0.398 e. The second-order valence-corrected chi connectivity index (χ2v) is 8.14. The Hall–Kier alpha value is -4.56. The van der Waals surface area contributed by atoms with E-state index in [1.807, 2.05) is 54.6 Å². The van der Waals surface area contributed by atoms with Crippen molar-refractivity contribution in [1.29, 1.82) is 0 Å². The van der Waals surface area contributed by atoms with Crippen LogP contribution in [-0.2, 0) is 4.74 Å². The molecule has 0 bridgehead atoms. The van der Waals surface area contributed by atoms with Crippen LogP contribution in [0.25, 0.3) is 5.70 Å². The molecule has 0 saturated carbocycles. The van der Waals surface area contributed by atoms with Crippen LogP contribution in [0.1, 0.15) is 5.56 Å². The number of nitrogens with one attached hydrogen (secondary N) is 3. The number of nitrogens with two attached hydrogens (primary N) is 1. The van der Waals surface area contributed by atoms with Crippen molar-refractivity contribution < 1.29 is 9.53 Å². The standard InChI is InChI=1S/C28H30N6O2/c1-21(31-24-11-13-26(14-12-24)34-17-19-36-20-18-34)30-16-15-27(29)22-7-9-25(10-8-22)33-28(35)32-23-5-3-2-4-6-23/h2-16,31H,1,17-20,29H2,(H2,32,33,35)/b27-15-,30-16?. The molecule has 1 saturated heterocycles. The third-order valence-electron chi connectivity index (χ3n) is 5.52. The van der Waals surface area contributed by atoms with Gasteiger partial charge in [0, 0.05) is 47.8 Å². The lowest BCUT2D eigenvalue weighted by Crippen LogP contribution is -2.36. The number of hydrogen-bond donors (Lipinski definition) is 4. The number of ether oxygens (including phenoxy) is 1. The summed E-state index contributed by atoms with van der Waals surface area (Å²) in [6.07, 6.45) is 3.31. The summed E-state index contributed by atoms with van der Waals surface area (Å²) in [4.78, 5) is 18.7. The Kier molecular flexibility index (Phi) is 8.35. The number of carbonyl (C=O) groups is 1. The summed E-state index contributed by atoms with van der Waals surface area (Å²) in [7, 11) is 0. The minimum Gasteiger partial charge on any atom is -0.398 e. The van der Waals surface area contributed by atoms with Crippen LogP contribution < -0.4 is 26.6 Å². The zero-order valence-corrected chi connectivity index (χ0v) is 20.0. The van der Waals surface area contributed by atoms with Crippen molar-refractivity contribution in [2.24, 2.45) is 10.7 Å². The number of rotatable bonds is 8.